The van der Waals surface area contributed by atoms with Crippen LogP contribution in [0.15, 0.2) is 18.2 Å². The number of rotatable bonds is 8. The number of amides is 2. The fraction of sp³-hybridized carbons (Fsp3) is 0.350. The predicted molar refractivity (Wildman–Crippen MR) is 126 cm³/mol. The lowest BCUT2D eigenvalue weighted by Gasteiger charge is -2.09. The van der Waals surface area contributed by atoms with Gasteiger partial charge in [0.1, 0.15) is 4.88 Å². The maximum atomic E-state index is 12.7. The van der Waals surface area contributed by atoms with Gasteiger partial charge in [0.05, 0.1) is 28.0 Å². The SMILES string of the molecule is Cc1nc(NC(=O)c2nnn(Cc3ccc(Cl)c(Cl)c3)c2C)sc1C(=O)NCCN(C)C. The van der Waals surface area contributed by atoms with E-state index < -0.39 is 5.91 Å². The molecule has 3 rings (SSSR count). The minimum Gasteiger partial charge on any atom is -0.350 e. The van der Waals surface area contributed by atoms with Gasteiger partial charge in [0.15, 0.2) is 10.8 Å². The molecule has 0 aliphatic carbocycles. The first-order valence-electron chi connectivity index (χ1n) is 9.71. The first-order valence-corrected chi connectivity index (χ1v) is 11.3. The molecule has 9 nitrogen and oxygen atoms in total. The number of hydrogen-bond donors (Lipinski definition) is 2. The molecule has 0 aliphatic rings. The predicted octanol–water partition coefficient (Wildman–Crippen LogP) is 3.25. The summed E-state index contributed by atoms with van der Waals surface area (Å²) in [4.78, 5) is 31.8. The Labute approximate surface area is 199 Å². The van der Waals surface area contributed by atoms with Crippen molar-refractivity contribution in [1.29, 1.82) is 0 Å². The Morgan fingerprint density at radius 3 is 2.59 bits per heavy atom. The van der Waals surface area contributed by atoms with Crippen LogP contribution in [-0.4, -0.2) is 63.9 Å². The van der Waals surface area contributed by atoms with Crippen molar-refractivity contribution in [2.75, 3.05) is 32.5 Å². The molecule has 0 aliphatic heterocycles. The van der Waals surface area contributed by atoms with Gasteiger partial charge >= 0.3 is 0 Å². The third-order valence-corrected chi connectivity index (χ3v) is 6.39. The maximum Gasteiger partial charge on any atom is 0.279 e. The lowest BCUT2D eigenvalue weighted by atomic mass is 10.2. The number of hydrogen-bond acceptors (Lipinski definition) is 7. The number of nitrogens with zero attached hydrogens (tertiary/aromatic N) is 5. The highest BCUT2D eigenvalue weighted by atomic mass is 35.5. The Morgan fingerprint density at radius 1 is 1.16 bits per heavy atom. The van der Waals surface area contributed by atoms with Crippen LogP contribution in [0.4, 0.5) is 5.13 Å². The van der Waals surface area contributed by atoms with Crippen molar-refractivity contribution in [3.63, 3.8) is 0 Å². The number of nitrogens with one attached hydrogen (secondary N) is 2. The molecule has 3 aromatic rings. The summed E-state index contributed by atoms with van der Waals surface area (Å²) in [5, 5.41) is 14.9. The second-order valence-electron chi connectivity index (χ2n) is 7.38. The van der Waals surface area contributed by atoms with Crippen molar-refractivity contribution in [1.82, 2.24) is 30.2 Å². The molecule has 0 saturated carbocycles. The highest BCUT2D eigenvalue weighted by molar-refractivity contribution is 7.17. The van der Waals surface area contributed by atoms with Crippen molar-refractivity contribution in [3.05, 3.63) is 55.8 Å². The molecule has 0 fully saturated rings. The molecule has 32 heavy (non-hydrogen) atoms. The van der Waals surface area contributed by atoms with Gasteiger partial charge in [-0.15, -0.1) is 5.10 Å². The molecule has 2 heterocycles. The monoisotopic (exact) mass is 495 g/mol. The third kappa shape index (κ3) is 5.83. The molecule has 2 aromatic heterocycles. The molecule has 0 unspecified atom stereocenters. The summed E-state index contributed by atoms with van der Waals surface area (Å²) in [6.07, 6.45) is 0. The maximum absolute atomic E-state index is 12.7. The summed E-state index contributed by atoms with van der Waals surface area (Å²) in [5.74, 6) is -0.665. The largest absolute Gasteiger partial charge is 0.350 e. The van der Waals surface area contributed by atoms with E-state index in [0.29, 0.717) is 44.5 Å². The molecule has 2 amide bonds. The van der Waals surface area contributed by atoms with E-state index in [9.17, 15) is 9.59 Å². The van der Waals surface area contributed by atoms with Crippen LogP contribution in [-0.2, 0) is 6.54 Å². The van der Waals surface area contributed by atoms with E-state index in [-0.39, 0.29) is 11.6 Å². The van der Waals surface area contributed by atoms with Crippen molar-refractivity contribution in [2.24, 2.45) is 0 Å². The number of aromatic nitrogens is 4. The van der Waals surface area contributed by atoms with E-state index in [2.05, 4.69) is 25.9 Å². The summed E-state index contributed by atoms with van der Waals surface area (Å²) < 4.78 is 1.60. The number of thiazole rings is 1. The quantitative estimate of drug-likeness (QED) is 0.496. The Hall–Kier alpha value is -2.53. The number of carbonyl (C=O) groups excluding carboxylic acids is 2. The number of carbonyl (C=O) groups is 2. The average Bonchev–Trinajstić information content (AvgIpc) is 3.27. The Balaban J connectivity index is 1.67. The summed E-state index contributed by atoms with van der Waals surface area (Å²) in [6, 6.07) is 5.28. The van der Waals surface area contributed by atoms with E-state index in [4.69, 9.17) is 23.2 Å². The van der Waals surface area contributed by atoms with Crippen LogP contribution in [0, 0.1) is 13.8 Å². The van der Waals surface area contributed by atoms with E-state index in [1.54, 1.807) is 30.7 Å². The summed E-state index contributed by atoms with van der Waals surface area (Å²) in [5.41, 5.74) is 2.19. The average molecular weight is 496 g/mol. The highest BCUT2D eigenvalue weighted by Crippen LogP contribution is 2.24. The Kier molecular flexibility index (Phi) is 7.83. The van der Waals surface area contributed by atoms with Gasteiger partial charge in [-0.1, -0.05) is 45.8 Å². The number of halogens is 2. The van der Waals surface area contributed by atoms with Crippen LogP contribution in [0.3, 0.4) is 0 Å². The Bertz CT molecular complexity index is 1140. The minimum absolute atomic E-state index is 0.176. The molecular weight excluding hydrogens is 473 g/mol. The van der Waals surface area contributed by atoms with E-state index >= 15 is 0 Å². The molecule has 0 saturated heterocycles. The second-order valence-corrected chi connectivity index (χ2v) is 9.19. The molecule has 1 aromatic carbocycles. The van der Waals surface area contributed by atoms with Crippen molar-refractivity contribution < 1.29 is 9.59 Å². The number of anilines is 1. The number of aryl methyl sites for hydroxylation is 1. The number of likely N-dealkylation sites (N-methyl/N-ethyl adjacent to an activating group) is 1. The molecule has 12 heteroatoms. The van der Waals surface area contributed by atoms with Crippen molar-refractivity contribution >= 4 is 51.5 Å². The molecule has 0 atom stereocenters. The van der Waals surface area contributed by atoms with Gasteiger partial charge in [0, 0.05) is 13.1 Å². The number of benzene rings is 1. The van der Waals surface area contributed by atoms with Crippen molar-refractivity contribution in [3.8, 4) is 0 Å². The van der Waals surface area contributed by atoms with Crippen LogP contribution in [0.25, 0.3) is 0 Å². The van der Waals surface area contributed by atoms with E-state index in [1.165, 1.54) is 0 Å². The summed E-state index contributed by atoms with van der Waals surface area (Å²) in [7, 11) is 3.86. The van der Waals surface area contributed by atoms with Crippen LogP contribution >= 0.6 is 34.5 Å². The van der Waals surface area contributed by atoms with Crippen LogP contribution in [0.5, 0.6) is 0 Å². The smallest absolute Gasteiger partial charge is 0.279 e. The van der Waals surface area contributed by atoms with Gasteiger partial charge in [-0.3, -0.25) is 14.9 Å². The van der Waals surface area contributed by atoms with Gasteiger partial charge < -0.3 is 10.2 Å². The van der Waals surface area contributed by atoms with Gasteiger partial charge in [-0.05, 0) is 45.6 Å². The van der Waals surface area contributed by atoms with Gasteiger partial charge in [0.2, 0.25) is 0 Å². The first kappa shape index (κ1) is 24.1. The first-order chi connectivity index (χ1) is 15.2. The van der Waals surface area contributed by atoms with Crippen molar-refractivity contribution in [2.45, 2.75) is 20.4 Å². The van der Waals surface area contributed by atoms with E-state index in [1.807, 2.05) is 25.1 Å². The van der Waals surface area contributed by atoms with Gasteiger partial charge in [0.25, 0.3) is 11.8 Å². The Morgan fingerprint density at radius 2 is 1.91 bits per heavy atom. The minimum atomic E-state index is -0.448. The molecular formula is C20H23Cl2N7O2S. The van der Waals surface area contributed by atoms with Crippen LogP contribution < -0.4 is 10.6 Å². The van der Waals surface area contributed by atoms with Gasteiger partial charge in [-0.25, -0.2) is 9.67 Å². The summed E-state index contributed by atoms with van der Waals surface area (Å²) >= 11 is 13.1. The molecule has 0 spiro atoms. The zero-order valence-corrected chi connectivity index (χ0v) is 20.4. The lowest BCUT2D eigenvalue weighted by molar-refractivity contribution is 0.0953. The third-order valence-electron chi connectivity index (χ3n) is 4.58. The topological polar surface area (TPSA) is 105 Å². The molecule has 170 valence electrons. The zero-order valence-electron chi connectivity index (χ0n) is 18.1. The molecule has 0 bridgehead atoms. The van der Waals surface area contributed by atoms with E-state index in [0.717, 1.165) is 23.4 Å². The van der Waals surface area contributed by atoms with Gasteiger partial charge in [-0.2, -0.15) is 0 Å². The zero-order chi connectivity index (χ0) is 23.4. The normalized spacial score (nSPS) is 11.1. The highest BCUT2D eigenvalue weighted by Gasteiger charge is 2.21. The fourth-order valence-corrected chi connectivity index (χ4v) is 4.02. The molecule has 2 N–H and O–H groups in total. The van der Waals surface area contributed by atoms with Crippen LogP contribution in [0.2, 0.25) is 10.0 Å². The molecule has 0 radical (unpaired) electrons. The summed E-state index contributed by atoms with van der Waals surface area (Å²) in [6.45, 7) is 5.11. The fourth-order valence-electron chi connectivity index (χ4n) is 2.82. The standard InChI is InChI=1S/C20H23Cl2N7O2S/c1-11-17(19(31)23-7-8-28(3)4)32-20(24-11)25-18(30)16-12(2)29(27-26-16)10-13-5-6-14(21)15(22)9-13/h5-6,9H,7-8,10H2,1-4H3,(H,23,31)(H,24,25,30). The second kappa shape index (κ2) is 10.4. The van der Waals surface area contributed by atoms with Crippen LogP contribution in [0.1, 0.15) is 37.1 Å². The lowest BCUT2D eigenvalue weighted by Crippen LogP contribution is -2.31.